The SMILES string of the molecule is CC(C)[C@@H](C)[C@@]1(C)CCC2(C)[C@H]3CC[C@@H]4C5(COC[C@]4(C)C(OC[C@](C)(N)C(C)(C)C)[C@H](n4ncnc4-c4ccncc4)C5)C3=CC[C@@]2(C)[C@@H]1C(=O)O. The summed E-state index contributed by atoms with van der Waals surface area (Å²) in [6.45, 7) is 26.6. The molecule has 292 valence electrons. The zero-order valence-corrected chi connectivity index (χ0v) is 34.4. The summed E-state index contributed by atoms with van der Waals surface area (Å²) in [5.41, 5.74) is 7.43. The second-order valence-electron chi connectivity index (χ2n) is 20.8. The number of nitrogens with two attached hydrogens (primary N) is 1. The topological polar surface area (TPSA) is 125 Å². The summed E-state index contributed by atoms with van der Waals surface area (Å²) in [5.74, 6) is 1.12. The van der Waals surface area contributed by atoms with Crippen molar-refractivity contribution in [3.05, 3.63) is 42.5 Å². The number of rotatable bonds is 8. The Morgan fingerprint density at radius 2 is 1.75 bits per heavy atom. The van der Waals surface area contributed by atoms with Gasteiger partial charge in [-0.05, 0) is 103 Å². The monoisotopic (exact) mass is 730 g/mol. The van der Waals surface area contributed by atoms with Crippen LogP contribution in [0.4, 0.5) is 0 Å². The van der Waals surface area contributed by atoms with E-state index in [4.69, 9.17) is 25.3 Å². The van der Waals surface area contributed by atoms with Crippen LogP contribution in [0.3, 0.4) is 0 Å². The van der Waals surface area contributed by atoms with Crippen molar-refractivity contribution in [1.82, 2.24) is 19.7 Å². The molecule has 5 aliphatic rings. The summed E-state index contributed by atoms with van der Waals surface area (Å²) >= 11 is 0. The first-order valence-electron chi connectivity index (χ1n) is 20.4. The molecule has 4 fully saturated rings. The third-order valence-electron chi connectivity index (χ3n) is 17.2. The van der Waals surface area contributed by atoms with Crippen LogP contribution in [0.1, 0.15) is 121 Å². The Labute approximate surface area is 318 Å². The van der Waals surface area contributed by atoms with Crippen molar-refractivity contribution in [2.45, 2.75) is 132 Å². The summed E-state index contributed by atoms with van der Waals surface area (Å²) < 4.78 is 16.1. The van der Waals surface area contributed by atoms with Gasteiger partial charge in [0, 0.05) is 34.3 Å². The molecule has 0 aromatic carbocycles. The number of ether oxygens (including phenoxy) is 2. The molecule has 2 aromatic heterocycles. The number of fused-ring (bicyclic) bond motifs is 3. The van der Waals surface area contributed by atoms with Crippen LogP contribution < -0.4 is 5.73 Å². The van der Waals surface area contributed by atoms with Gasteiger partial charge >= 0.3 is 5.97 Å². The van der Waals surface area contributed by atoms with Crippen LogP contribution in [-0.4, -0.2) is 62.3 Å². The van der Waals surface area contributed by atoms with Gasteiger partial charge in [0.2, 0.25) is 0 Å². The standard InChI is InChI=1S/C44H67N5O4/c1-27(2)28(3)39(7)18-19-41(9)30-12-13-33-40(8)23-52-25-44(33,31(30)14-17-42(41,10)34(39)37(50)51)22-32(35(40)53-24-43(11,45)38(4,5)6)49-36(47-26-48-49)29-15-20-46-21-16-29/h14-16,20-21,26-28,30,32-35H,12-13,17-19,22-25,45H2,1-11H3,(H,50,51)/t28-,30+,32-,33+,34-,35?,39-,40+,41?,42+,43+,44?/m1/s1. The smallest absolute Gasteiger partial charge is 0.307 e. The summed E-state index contributed by atoms with van der Waals surface area (Å²) in [5, 5.41) is 16.1. The Kier molecular flexibility index (Phi) is 9.26. The molecule has 3 heterocycles. The lowest BCUT2D eigenvalue weighted by molar-refractivity contribution is -0.253. The van der Waals surface area contributed by atoms with Crippen molar-refractivity contribution in [1.29, 1.82) is 0 Å². The van der Waals surface area contributed by atoms with Gasteiger partial charge in [-0.15, -0.1) is 0 Å². The molecule has 3 unspecified atom stereocenters. The third kappa shape index (κ3) is 5.47. The van der Waals surface area contributed by atoms with Crippen LogP contribution in [0, 0.1) is 62.1 Å². The number of hydrogen-bond acceptors (Lipinski definition) is 7. The van der Waals surface area contributed by atoms with Crippen LogP contribution in [0.5, 0.6) is 0 Å². The molecule has 12 atom stereocenters. The fourth-order valence-electron chi connectivity index (χ4n) is 12.8. The van der Waals surface area contributed by atoms with Gasteiger partial charge in [-0.1, -0.05) is 80.9 Å². The number of carbonyl (C=O) groups is 1. The molecular weight excluding hydrogens is 663 g/mol. The fourth-order valence-corrected chi connectivity index (χ4v) is 12.8. The molecule has 1 saturated heterocycles. The molecule has 2 bridgehead atoms. The molecule has 0 amide bonds. The van der Waals surface area contributed by atoms with E-state index in [1.807, 2.05) is 24.5 Å². The van der Waals surface area contributed by atoms with Gasteiger partial charge in [-0.3, -0.25) is 9.78 Å². The Morgan fingerprint density at radius 1 is 1.06 bits per heavy atom. The molecule has 0 spiro atoms. The van der Waals surface area contributed by atoms with Crippen LogP contribution >= 0.6 is 0 Å². The van der Waals surface area contributed by atoms with E-state index in [-0.39, 0.29) is 50.6 Å². The molecule has 3 saturated carbocycles. The van der Waals surface area contributed by atoms with Gasteiger partial charge in [0.1, 0.15) is 6.33 Å². The van der Waals surface area contributed by atoms with Crippen molar-refractivity contribution in [2.24, 2.45) is 67.8 Å². The van der Waals surface area contributed by atoms with Crippen molar-refractivity contribution in [3.8, 4) is 11.4 Å². The van der Waals surface area contributed by atoms with Crippen LogP contribution in [-0.2, 0) is 14.3 Å². The Morgan fingerprint density at radius 3 is 2.40 bits per heavy atom. The second-order valence-corrected chi connectivity index (χ2v) is 20.8. The highest BCUT2D eigenvalue weighted by Crippen LogP contribution is 2.75. The molecule has 9 heteroatoms. The first-order chi connectivity index (χ1) is 24.7. The van der Waals surface area contributed by atoms with E-state index >= 15 is 0 Å². The van der Waals surface area contributed by atoms with Gasteiger partial charge in [0.15, 0.2) is 5.82 Å². The van der Waals surface area contributed by atoms with Crippen molar-refractivity contribution in [3.63, 3.8) is 0 Å². The second kappa shape index (κ2) is 12.7. The van der Waals surface area contributed by atoms with Gasteiger partial charge in [0.05, 0.1) is 37.9 Å². The number of carboxylic acids is 1. The number of aliphatic carboxylic acids is 1. The minimum absolute atomic E-state index is 0.115. The molecule has 7 rings (SSSR count). The zero-order valence-electron chi connectivity index (χ0n) is 34.4. The van der Waals surface area contributed by atoms with Crippen molar-refractivity contribution >= 4 is 5.97 Å². The maximum atomic E-state index is 13.6. The molecule has 53 heavy (non-hydrogen) atoms. The van der Waals surface area contributed by atoms with Crippen LogP contribution in [0.25, 0.3) is 11.4 Å². The largest absolute Gasteiger partial charge is 0.481 e. The first-order valence-corrected chi connectivity index (χ1v) is 20.4. The Balaban J connectivity index is 1.35. The minimum atomic E-state index is -0.625. The summed E-state index contributed by atoms with van der Waals surface area (Å²) in [6.07, 6.45) is 13.3. The highest BCUT2D eigenvalue weighted by molar-refractivity contribution is 5.73. The minimum Gasteiger partial charge on any atom is -0.481 e. The summed E-state index contributed by atoms with van der Waals surface area (Å²) in [7, 11) is 0. The Bertz CT molecular complexity index is 1730. The lowest BCUT2D eigenvalue weighted by Crippen LogP contribution is -2.69. The maximum Gasteiger partial charge on any atom is 0.307 e. The molecule has 9 nitrogen and oxygen atoms in total. The lowest BCUT2D eigenvalue weighted by Gasteiger charge is -2.71. The molecular formula is C44H67N5O4. The fraction of sp³-hybridized carbons (Fsp3) is 0.773. The highest BCUT2D eigenvalue weighted by atomic mass is 16.5. The van der Waals surface area contributed by atoms with Crippen LogP contribution in [0.2, 0.25) is 0 Å². The van der Waals surface area contributed by atoms with Gasteiger partial charge in [0.25, 0.3) is 0 Å². The molecule has 1 aliphatic heterocycles. The lowest BCUT2D eigenvalue weighted by atomic mass is 9.34. The highest BCUT2D eigenvalue weighted by Gasteiger charge is 2.72. The first kappa shape index (κ1) is 38.6. The van der Waals surface area contributed by atoms with E-state index in [0.29, 0.717) is 37.6 Å². The average Bonchev–Trinajstić information content (AvgIpc) is 3.57. The average molecular weight is 730 g/mol. The number of nitrogens with zero attached hydrogens (tertiary/aromatic N) is 4. The summed E-state index contributed by atoms with van der Waals surface area (Å²) in [6, 6.07) is 3.89. The quantitative estimate of drug-likeness (QED) is 0.259. The molecule has 3 N–H and O–H groups in total. The van der Waals surface area contributed by atoms with Gasteiger partial charge < -0.3 is 20.3 Å². The van der Waals surface area contributed by atoms with E-state index in [1.165, 1.54) is 5.57 Å². The number of aromatic nitrogens is 4. The predicted molar refractivity (Wildman–Crippen MR) is 208 cm³/mol. The molecule has 2 aromatic rings. The molecule has 0 radical (unpaired) electrons. The van der Waals surface area contributed by atoms with Gasteiger partial charge in [-0.2, -0.15) is 5.10 Å². The van der Waals surface area contributed by atoms with E-state index in [1.54, 1.807) is 6.33 Å². The maximum absolute atomic E-state index is 13.6. The number of hydrogen-bond donors (Lipinski definition) is 2. The number of allylic oxidation sites excluding steroid dienone is 1. The summed E-state index contributed by atoms with van der Waals surface area (Å²) in [4.78, 5) is 22.7. The third-order valence-corrected chi connectivity index (χ3v) is 17.2. The van der Waals surface area contributed by atoms with Crippen molar-refractivity contribution < 1.29 is 19.4 Å². The predicted octanol–water partition coefficient (Wildman–Crippen LogP) is 8.62. The number of pyridine rings is 1. The Hall–Kier alpha value is -2.62. The zero-order chi connectivity index (χ0) is 38.6. The van der Waals surface area contributed by atoms with E-state index in [2.05, 4.69) is 91.9 Å². The van der Waals surface area contributed by atoms with Crippen molar-refractivity contribution in [2.75, 3.05) is 19.8 Å². The normalized spacial score (nSPS) is 41.4. The van der Waals surface area contributed by atoms with E-state index in [0.717, 1.165) is 49.9 Å². The molecule has 4 aliphatic carbocycles. The van der Waals surface area contributed by atoms with E-state index in [9.17, 15) is 9.90 Å². The van der Waals surface area contributed by atoms with Gasteiger partial charge in [-0.25, -0.2) is 9.67 Å². The van der Waals surface area contributed by atoms with Crippen LogP contribution in [0.15, 0.2) is 42.5 Å². The van der Waals surface area contributed by atoms with E-state index < -0.39 is 17.4 Å². The number of carboxylic acid groups (broad SMARTS) is 1.